The van der Waals surface area contributed by atoms with Gasteiger partial charge in [0.25, 0.3) is 11.8 Å². The van der Waals surface area contributed by atoms with Crippen LogP contribution in [0.3, 0.4) is 0 Å². The number of nitrogens with one attached hydrogen (secondary N) is 2. The lowest BCUT2D eigenvalue weighted by Gasteiger charge is -2.27. The van der Waals surface area contributed by atoms with Gasteiger partial charge < -0.3 is 20.3 Å². The van der Waals surface area contributed by atoms with Crippen LogP contribution in [0.5, 0.6) is 0 Å². The van der Waals surface area contributed by atoms with Crippen LogP contribution in [0, 0.1) is 0 Å². The number of nitrogens with zero attached hydrogens (tertiary/aromatic N) is 2. The van der Waals surface area contributed by atoms with E-state index in [1.807, 2.05) is 18.9 Å². The Bertz CT molecular complexity index is 934. The molecule has 8 nitrogen and oxygen atoms in total. The van der Waals surface area contributed by atoms with E-state index >= 15 is 0 Å². The van der Waals surface area contributed by atoms with Gasteiger partial charge in [-0.1, -0.05) is 18.5 Å². The van der Waals surface area contributed by atoms with Gasteiger partial charge in [-0.15, -0.1) is 11.3 Å². The quantitative estimate of drug-likeness (QED) is 0.626. The molecule has 0 bridgehead atoms. The first kappa shape index (κ1) is 23.2. The molecule has 0 radical (unpaired) electrons. The summed E-state index contributed by atoms with van der Waals surface area (Å²) in [7, 11) is 1.82. The molecule has 10 heteroatoms. The molecule has 3 rings (SSSR count). The highest BCUT2D eigenvalue weighted by Gasteiger charge is 2.24. The van der Waals surface area contributed by atoms with E-state index in [-0.39, 0.29) is 30.9 Å². The summed E-state index contributed by atoms with van der Waals surface area (Å²) in [5.41, 5.74) is 1.37. The Morgan fingerprint density at radius 2 is 2.00 bits per heavy atom. The molecule has 1 atom stereocenters. The minimum atomic E-state index is -0.551. The second-order valence-corrected chi connectivity index (χ2v) is 8.75. The van der Waals surface area contributed by atoms with Crippen molar-refractivity contribution in [2.75, 3.05) is 50.1 Å². The molecular weight excluding hydrogens is 440 g/mol. The minimum absolute atomic E-state index is 0.0763. The fraction of sp³-hybridized carbons (Fsp3) is 0.381. The molecule has 1 saturated heterocycles. The second kappa shape index (κ2) is 10.7. The Morgan fingerprint density at radius 1 is 1.26 bits per heavy atom. The Kier molecular flexibility index (Phi) is 8.03. The van der Waals surface area contributed by atoms with Crippen molar-refractivity contribution >= 4 is 52.0 Å². The minimum Gasteiger partial charge on any atom is -0.370 e. The maximum Gasteiger partial charge on any atom is 0.261 e. The molecule has 0 aliphatic carbocycles. The van der Waals surface area contributed by atoms with E-state index in [1.54, 1.807) is 41.3 Å². The van der Waals surface area contributed by atoms with Crippen LogP contribution in [-0.2, 0) is 14.3 Å². The summed E-state index contributed by atoms with van der Waals surface area (Å²) in [6.45, 7) is 3.81. The van der Waals surface area contributed by atoms with E-state index in [4.69, 9.17) is 16.3 Å². The molecule has 2 heterocycles. The molecule has 1 aliphatic rings. The molecule has 2 N–H and O–H groups in total. The summed E-state index contributed by atoms with van der Waals surface area (Å²) in [6.07, 6.45) is 0. The van der Waals surface area contributed by atoms with Crippen LogP contribution < -0.4 is 15.5 Å². The van der Waals surface area contributed by atoms with Crippen LogP contribution in [-0.4, -0.2) is 68.6 Å². The number of carbonyl (C=O) groups is 3. The molecule has 1 aromatic carbocycles. The average molecular weight is 465 g/mol. The van der Waals surface area contributed by atoms with Crippen molar-refractivity contribution in [1.29, 1.82) is 0 Å². The molecule has 2 aromatic rings. The second-order valence-electron chi connectivity index (χ2n) is 7.04. The summed E-state index contributed by atoms with van der Waals surface area (Å²) in [4.78, 5) is 41.2. The average Bonchev–Trinajstić information content (AvgIpc) is 3.21. The Balaban J connectivity index is 1.62. The lowest BCUT2D eigenvalue weighted by Crippen LogP contribution is -2.49. The Morgan fingerprint density at radius 3 is 2.61 bits per heavy atom. The molecular formula is C21H25ClN4O4S. The SMILES string of the molecule is CCN(C)[C@@H](CNC(=O)c1ccc(Cl)s1)C(=O)Nc1ccc(N2CCOCC2=O)cc1. The number of hydrogen-bond acceptors (Lipinski definition) is 6. The number of carbonyl (C=O) groups excluding carboxylic acids is 3. The largest absolute Gasteiger partial charge is 0.370 e. The molecule has 1 aliphatic heterocycles. The maximum absolute atomic E-state index is 12.9. The van der Waals surface area contributed by atoms with Crippen LogP contribution >= 0.6 is 22.9 Å². The fourth-order valence-electron chi connectivity index (χ4n) is 3.12. The van der Waals surface area contributed by atoms with Crippen LogP contribution in [0.2, 0.25) is 4.34 Å². The fourth-order valence-corrected chi connectivity index (χ4v) is 4.08. The number of ether oxygens (including phenoxy) is 1. The highest BCUT2D eigenvalue weighted by molar-refractivity contribution is 7.18. The van der Waals surface area contributed by atoms with E-state index in [2.05, 4.69) is 10.6 Å². The predicted molar refractivity (Wildman–Crippen MR) is 122 cm³/mol. The summed E-state index contributed by atoms with van der Waals surface area (Å²) in [5.74, 6) is -0.585. The van der Waals surface area contributed by atoms with Gasteiger partial charge in [-0.3, -0.25) is 19.3 Å². The lowest BCUT2D eigenvalue weighted by molar-refractivity contribution is -0.125. The molecule has 31 heavy (non-hydrogen) atoms. The molecule has 0 spiro atoms. The van der Waals surface area contributed by atoms with Gasteiger partial charge in [0.2, 0.25) is 5.91 Å². The van der Waals surface area contributed by atoms with Gasteiger partial charge in [-0.05, 0) is 50.0 Å². The zero-order valence-electron chi connectivity index (χ0n) is 17.4. The monoisotopic (exact) mass is 464 g/mol. The standard InChI is InChI=1S/C21H25ClN4O4S/c1-3-25(2)16(12-23-21(29)17-8-9-18(22)31-17)20(28)24-14-4-6-15(7-5-14)26-10-11-30-13-19(26)27/h4-9,16H,3,10-13H2,1-2H3,(H,23,29)(H,24,28)/t16-/m0/s1. The van der Waals surface area contributed by atoms with Crippen molar-refractivity contribution in [2.45, 2.75) is 13.0 Å². The summed E-state index contributed by atoms with van der Waals surface area (Å²) in [5, 5.41) is 5.69. The van der Waals surface area contributed by atoms with Crippen LogP contribution in [0.4, 0.5) is 11.4 Å². The number of hydrogen-bond donors (Lipinski definition) is 2. The zero-order chi connectivity index (χ0) is 22.4. The summed E-state index contributed by atoms with van der Waals surface area (Å²) >= 11 is 7.08. The molecule has 166 valence electrons. The van der Waals surface area contributed by atoms with Crippen molar-refractivity contribution in [3.63, 3.8) is 0 Å². The van der Waals surface area contributed by atoms with E-state index in [0.717, 1.165) is 5.69 Å². The molecule has 1 fully saturated rings. The maximum atomic E-state index is 12.9. The number of thiophene rings is 1. The first-order chi connectivity index (χ1) is 14.9. The predicted octanol–water partition coefficient (Wildman–Crippen LogP) is 2.45. The molecule has 0 unspecified atom stereocenters. The highest BCUT2D eigenvalue weighted by atomic mass is 35.5. The third kappa shape index (κ3) is 6.04. The van der Waals surface area contributed by atoms with Gasteiger partial charge in [-0.25, -0.2) is 0 Å². The Hall–Kier alpha value is -2.46. The number of morpholine rings is 1. The third-order valence-electron chi connectivity index (χ3n) is 5.02. The van der Waals surface area contributed by atoms with Gasteiger partial charge in [0.05, 0.1) is 15.8 Å². The number of amides is 3. The highest BCUT2D eigenvalue weighted by Crippen LogP contribution is 2.22. The van der Waals surface area contributed by atoms with Gasteiger partial charge in [0, 0.05) is 24.5 Å². The molecule has 1 aromatic heterocycles. The third-order valence-corrected chi connectivity index (χ3v) is 6.25. The number of halogens is 1. The number of benzene rings is 1. The Labute approximate surface area is 190 Å². The smallest absolute Gasteiger partial charge is 0.261 e. The van der Waals surface area contributed by atoms with E-state index in [0.29, 0.717) is 34.6 Å². The van der Waals surface area contributed by atoms with Crippen molar-refractivity contribution in [2.24, 2.45) is 0 Å². The first-order valence-corrected chi connectivity index (χ1v) is 11.1. The van der Waals surface area contributed by atoms with E-state index in [1.165, 1.54) is 11.3 Å². The van der Waals surface area contributed by atoms with Gasteiger partial charge in [0.1, 0.15) is 12.6 Å². The van der Waals surface area contributed by atoms with Crippen molar-refractivity contribution < 1.29 is 19.1 Å². The normalized spacial score (nSPS) is 15.1. The van der Waals surface area contributed by atoms with Gasteiger partial charge in [-0.2, -0.15) is 0 Å². The van der Waals surface area contributed by atoms with Crippen molar-refractivity contribution in [1.82, 2.24) is 10.2 Å². The molecule has 3 amide bonds. The number of rotatable bonds is 8. The van der Waals surface area contributed by atoms with Gasteiger partial charge in [0.15, 0.2) is 0 Å². The number of anilines is 2. The van der Waals surface area contributed by atoms with Crippen molar-refractivity contribution in [3.8, 4) is 0 Å². The van der Waals surface area contributed by atoms with Crippen LogP contribution in [0.1, 0.15) is 16.6 Å². The van der Waals surface area contributed by atoms with Gasteiger partial charge >= 0.3 is 0 Å². The summed E-state index contributed by atoms with van der Waals surface area (Å²) in [6, 6.07) is 9.86. The van der Waals surface area contributed by atoms with Crippen molar-refractivity contribution in [3.05, 3.63) is 45.6 Å². The molecule has 0 saturated carbocycles. The topological polar surface area (TPSA) is 91.0 Å². The zero-order valence-corrected chi connectivity index (χ0v) is 19.0. The number of likely N-dealkylation sites (N-methyl/N-ethyl adjacent to an activating group) is 1. The van der Waals surface area contributed by atoms with E-state index < -0.39 is 6.04 Å². The van der Waals surface area contributed by atoms with Crippen LogP contribution in [0.25, 0.3) is 0 Å². The van der Waals surface area contributed by atoms with E-state index in [9.17, 15) is 14.4 Å². The first-order valence-electron chi connectivity index (χ1n) is 9.92. The van der Waals surface area contributed by atoms with Crippen LogP contribution in [0.15, 0.2) is 36.4 Å². The summed E-state index contributed by atoms with van der Waals surface area (Å²) < 4.78 is 5.68. The lowest BCUT2D eigenvalue weighted by atomic mass is 10.2.